The van der Waals surface area contributed by atoms with E-state index in [-0.39, 0.29) is 55.4 Å². The number of hydrogen-bond donors (Lipinski definition) is 7. The second-order valence-electron chi connectivity index (χ2n) is 15.4. The smallest absolute Gasteiger partial charge is 0.0945 e. The van der Waals surface area contributed by atoms with Gasteiger partial charge in [-0.05, 0) is 91.5 Å². The molecule has 3 atom stereocenters. The molecule has 4 aromatic rings. The Hall–Kier alpha value is -4.20. The molecule has 342 valence electrons. The summed E-state index contributed by atoms with van der Waals surface area (Å²) in [6, 6.07) is 33.3. The Morgan fingerprint density at radius 3 is 1.30 bits per heavy atom. The fourth-order valence-corrected chi connectivity index (χ4v) is 8.41. The van der Waals surface area contributed by atoms with Crippen LogP contribution in [0.4, 0.5) is 22.7 Å². The van der Waals surface area contributed by atoms with Gasteiger partial charge in [0.15, 0.2) is 0 Å². The predicted octanol–water partition coefficient (Wildman–Crippen LogP) is 5.96. The van der Waals surface area contributed by atoms with Gasteiger partial charge in [0.2, 0.25) is 0 Å². The van der Waals surface area contributed by atoms with Crippen LogP contribution in [-0.4, -0.2) is 132 Å². The molecule has 0 spiro atoms. The third-order valence-corrected chi connectivity index (χ3v) is 11.5. The van der Waals surface area contributed by atoms with E-state index in [1.165, 1.54) is 46.7 Å². The number of para-hydroxylation sites is 4. The molecule has 4 heterocycles. The summed E-state index contributed by atoms with van der Waals surface area (Å²) in [7, 11) is 1.25. The van der Waals surface area contributed by atoms with E-state index in [0.29, 0.717) is 19.1 Å². The van der Waals surface area contributed by atoms with Gasteiger partial charge in [-0.2, -0.15) is 0 Å². The summed E-state index contributed by atoms with van der Waals surface area (Å²) in [5.41, 5.74) is 10.3. The number of rotatable bonds is 12. The van der Waals surface area contributed by atoms with Crippen molar-refractivity contribution in [1.29, 1.82) is 0 Å². The monoisotopic (exact) mass is 852 g/mol. The van der Waals surface area contributed by atoms with E-state index in [1.54, 1.807) is 0 Å². The van der Waals surface area contributed by atoms with Crippen LogP contribution in [0.15, 0.2) is 97.1 Å². The van der Waals surface area contributed by atoms with Gasteiger partial charge in [-0.3, -0.25) is 0 Å². The molecule has 0 fully saturated rings. The molecular weight excluding hydrogens is 769 g/mol. The Morgan fingerprint density at radius 1 is 0.475 bits per heavy atom. The van der Waals surface area contributed by atoms with Gasteiger partial charge >= 0.3 is 0 Å². The zero-order chi connectivity index (χ0) is 43.3. The Bertz CT molecular complexity index is 1800. The van der Waals surface area contributed by atoms with Gasteiger partial charge in [0.1, 0.15) is 0 Å². The summed E-state index contributed by atoms with van der Waals surface area (Å²) in [6.07, 6.45) is 6.30. The number of β-amino-alcohol motifs (C(OH)–C–C–N with tert-alkyl or cyclic N) is 2. The van der Waals surface area contributed by atoms with Crippen LogP contribution >= 0.6 is 0 Å². The van der Waals surface area contributed by atoms with E-state index in [2.05, 4.69) is 87.2 Å². The molecule has 3 unspecified atom stereocenters. The van der Waals surface area contributed by atoms with Crippen molar-refractivity contribution in [3.05, 3.63) is 119 Å². The van der Waals surface area contributed by atoms with Crippen LogP contribution in [0.25, 0.3) is 0 Å². The molecule has 7 N–H and O–H groups in total. The minimum Gasteiger partial charge on any atom is -0.394 e. The lowest BCUT2D eigenvalue weighted by Gasteiger charge is -2.36. The number of benzene rings is 4. The molecule has 4 aliphatic rings. The molecule has 0 saturated heterocycles. The zero-order valence-corrected chi connectivity index (χ0v) is 35.2. The van der Waals surface area contributed by atoms with Crippen LogP contribution in [-0.2, 0) is 25.7 Å². The van der Waals surface area contributed by atoms with Crippen LogP contribution in [0, 0.1) is 0 Å². The van der Waals surface area contributed by atoms with Crippen molar-refractivity contribution < 1.29 is 38.5 Å². The summed E-state index contributed by atoms with van der Waals surface area (Å²) >= 11 is 0. The molecule has 0 aromatic heterocycles. The predicted molar refractivity (Wildman–Crippen MR) is 257 cm³/mol. The highest BCUT2D eigenvalue weighted by atomic mass is 16.3. The van der Waals surface area contributed by atoms with Crippen LogP contribution in [0.3, 0.4) is 0 Å². The van der Waals surface area contributed by atoms with Gasteiger partial charge in [0, 0.05) is 64.8 Å². The lowest BCUT2D eigenvalue weighted by atomic mass is 10.0. The molecule has 0 saturated carbocycles. The number of aliphatic hydroxyl groups is 7. The molecule has 11 heteroatoms. The Balaban J connectivity index is 0.000000408. The highest BCUT2D eigenvalue weighted by Crippen LogP contribution is 2.31. The molecule has 0 amide bonds. The van der Waals surface area contributed by atoms with E-state index < -0.39 is 12.2 Å². The molecule has 0 radical (unpaired) electrons. The summed E-state index contributed by atoms with van der Waals surface area (Å²) in [6.45, 7) is 6.98. The molecule has 4 aliphatic heterocycles. The van der Waals surface area contributed by atoms with Gasteiger partial charge in [-0.25, -0.2) is 0 Å². The fourth-order valence-electron chi connectivity index (χ4n) is 8.41. The normalized spacial score (nSPS) is 15.9. The van der Waals surface area contributed by atoms with Crippen molar-refractivity contribution in [2.24, 2.45) is 0 Å². The number of fused-ring (bicyclic) bond motifs is 4. The third kappa shape index (κ3) is 14.4. The molecule has 0 aliphatic carbocycles. The van der Waals surface area contributed by atoms with Gasteiger partial charge < -0.3 is 55.3 Å². The largest absolute Gasteiger partial charge is 0.394 e. The summed E-state index contributed by atoms with van der Waals surface area (Å²) in [5, 5.41) is 64.1. The lowest BCUT2D eigenvalue weighted by Crippen LogP contribution is -2.43. The molecular formula is C50H80N4O7. The second-order valence-corrected chi connectivity index (χ2v) is 15.4. The summed E-state index contributed by atoms with van der Waals surface area (Å²) in [4.78, 5) is 8.71. The number of aliphatic hydroxyl groups excluding tert-OH is 7. The molecule has 11 nitrogen and oxygen atoms in total. The standard InChI is InChI=1S/2C12H17NO2.C12H17NO.C11H15NO2.3CH4.H2/c14-8-11(9-15)13-7-3-5-10-4-1-2-6-12(10)13;14-9-11(15)8-13-7-3-5-10-4-1-2-6-12(10)13;1-2-11(9-14)13-8-7-10-5-3-4-6-12(10)13;13-8-10(14)7-12-6-5-9-3-1-2-4-11(9)12;;;;/h2*1-2,4,6,11,14-15H,3,5,7-9H2;3-6,11,14H,2,7-9H2,1H3;1-4,10,13-14H,5-8H2;3*1H4;1H/i;;;;1D;;;1+2. The molecule has 4 aromatic carbocycles. The maximum absolute atomic E-state index is 9.44. The van der Waals surface area contributed by atoms with Crippen LogP contribution < -0.4 is 19.6 Å². The van der Waals surface area contributed by atoms with E-state index in [9.17, 15) is 25.5 Å². The zero-order valence-electron chi connectivity index (χ0n) is 36.2. The first-order valence-corrected chi connectivity index (χ1v) is 21.1. The Labute approximate surface area is 370 Å². The van der Waals surface area contributed by atoms with Crippen molar-refractivity contribution in [3.8, 4) is 0 Å². The van der Waals surface area contributed by atoms with Crippen molar-refractivity contribution in [2.75, 3.05) is 91.9 Å². The molecule has 61 heavy (non-hydrogen) atoms. The average Bonchev–Trinajstić information content (AvgIpc) is 3.93. The average molecular weight is 852 g/mol. The topological polar surface area (TPSA) is 155 Å². The van der Waals surface area contributed by atoms with Crippen LogP contribution in [0.1, 0.15) is 73.5 Å². The van der Waals surface area contributed by atoms with Gasteiger partial charge in [0.05, 0.1) is 57.3 Å². The Kier molecular flexibility index (Phi) is 23.2. The number of anilines is 4. The van der Waals surface area contributed by atoms with Crippen molar-refractivity contribution in [3.63, 3.8) is 0 Å². The van der Waals surface area contributed by atoms with Crippen LogP contribution in [0.5, 0.6) is 0 Å². The summed E-state index contributed by atoms with van der Waals surface area (Å²) in [5.74, 6) is 0. The SMILES string of the molecule is C.C.CCC(CO)N1CCc2ccccc21.OCC(CO)N1CCCc2ccccc21.OCC(O)CN1CCCc2ccccc21.OCC(O)CN1CCc2ccccc21.[2H]C.[3HH]. The maximum atomic E-state index is 9.44. The third-order valence-electron chi connectivity index (χ3n) is 11.5. The number of aryl methyl sites for hydroxylation is 2. The van der Waals surface area contributed by atoms with Crippen molar-refractivity contribution in [1.82, 2.24) is 0 Å². The Morgan fingerprint density at radius 2 is 0.836 bits per heavy atom. The minimum absolute atomic E-state index is 0. The highest BCUT2D eigenvalue weighted by Gasteiger charge is 2.25. The minimum atomic E-state index is -0.642. The van der Waals surface area contributed by atoms with Gasteiger partial charge in [-0.1, -0.05) is 102 Å². The number of nitrogens with zero attached hydrogens (tertiary/aromatic N) is 4. The van der Waals surface area contributed by atoms with Crippen molar-refractivity contribution in [2.45, 2.75) is 98.4 Å². The lowest BCUT2D eigenvalue weighted by molar-refractivity contribution is 0.0996. The highest BCUT2D eigenvalue weighted by molar-refractivity contribution is 5.60. The first-order valence-electron chi connectivity index (χ1n) is 22.1. The van der Waals surface area contributed by atoms with E-state index in [4.69, 9.17) is 11.6 Å². The van der Waals surface area contributed by atoms with Crippen molar-refractivity contribution >= 4 is 22.7 Å². The van der Waals surface area contributed by atoms with Gasteiger partial charge in [0.25, 0.3) is 0 Å². The first kappa shape index (κ1) is 51.2. The van der Waals surface area contributed by atoms with Gasteiger partial charge in [-0.15, -0.1) is 0 Å². The van der Waals surface area contributed by atoms with Crippen LogP contribution in [0.2, 0.25) is 0 Å². The maximum Gasteiger partial charge on any atom is 0.0945 e. The number of hydrogen-bond acceptors (Lipinski definition) is 11. The molecule has 8 rings (SSSR count). The van der Waals surface area contributed by atoms with E-state index in [0.717, 1.165) is 76.8 Å². The summed E-state index contributed by atoms with van der Waals surface area (Å²) < 4.78 is 5.75. The fraction of sp³-hybridized carbons (Fsp3) is 0.520. The molecule has 0 bridgehead atoms. The van der Waals surface area contributed by atoms with E-state index in [1.807, 2.05) is 36.4 Å². The second kappa shape index (κ2) is 27.7. The first-order chi connectivity index (χ1) is 29.3. The quantitative estimate of drug-likeness (QED) is 0.0904. The van der Waals surface area contributed by atoms with E-state index >= 15 is 0 Å².